The molecule has 4 nitrogen and oxygen atoms in total. The first kappa shape index (κ1) is 11.2. The van der Waals surface area contributed by atoms with Crippen molar-refractivity contribution in [3.05, 3.63) is 40.9 Å². The zero-order chi connectivity index (χ0) is 12.4. The minimum absolute atomic E-state index is 0.0988. The van der Waals surface area contributed by atoms with Gasteiger partial charge in [-0.15, -0.1) is 11.3 Å². The lowest BCUT2D eigenvalue weighted by molar-refractivity contribution is 0.102. The van der Waals surface area contributed by atoms with Crippen molar-refractivity contribution in [1.82, 2.24) is 4.98 Å². The predicted molar refractivity (Wildman–Crippen MR) is 73.3 cm³/mol. The first-order valence-corrected chi connectivity index (χ1v) is 6.78. The summed E-state index contributed by atoms with van der Waals surface area (Å²) in [6.45, 7) is 1.01. The summed E-state index contributed by atoms with van der Waals surface area (Å²) in [5, 5.41) is 8.60. The molecule has 1 amide bonds. The number of benzene rings is 1. The lowest BCUT2D eigenvalue weighted by atomic mass is 10.0. The molecular formula is C13H13N3OS. The molecule has 0 bridgehead atoms. The summed E-state index contributed by atoms with van der Waals surface area (Å²) in [6.07, 6.45) is 3.82. The third kappa shape index (κ3) is 2.22. The van der Waals surface area contributed by atoms with E-state index in [1.165, 1.54) is 16.9 Å². The Morgan fingerprint density at radius 1 is 1.44 bits per heavy atom. The minimum atomic E-state index is -0.0988. The molecule has 0 radical (unpaired) electrons. The molecule has 0 unspecified atom stereocenters. The van der Waals surface area contributed by atoms with E-state index in [-0.39, 0.29) is 5.91 Å². The van der Waals surface area contributed by atoms with Crippen LogP contribution in [-0.2, 0) is 6.42 Å². The van der Waals surface area contributed by atoms with E-state index in [4.69, 9.17) is 0 Å². The van der Waals surface area contributed by atoms with Crippen LogP contribution >= 0.6 is 11.3 Å². The monoisotopic (exact) mass is 259 g/mol. The number of anilines is 2. The Balaban J connectivity index is 1.81. The molecule has 0 aliphatic carbocycles. The zero-order valence-electron chi connectivity index (χ0n) is 9.77. The van der Waals surface area contributed by atoms with Gasteiger partial charge in [-0.05, 0) is 36.6 Å². The second kappa shape index (κ2) is 4.78. The molecule has 92 valence electrons. The molecule has 0 atom stereocenters. The molecule has 1 aromatic carbocycles. The normalized spacial score (nSPS) is 13.6. The Kier molecular flexibility index (Phi) is 2.98. The number of fused-ring (bicyclic) bond motifs is 1. The Bertz CT molecular complexity index is 566. The van der Waals surface area contributed by atoms with Gasteiger partial charge in [-0.25, -0.2) is 4.98 Å². The lowest BCUT2D eigenvalue weighted by Gasteiger charge is -2.18. The van der Waals surface area contributed by atoms with Crippen LogP contribution in [0.15, 0.2) is 29.8 Å². The fourth-order valence-corrected chi connectivity index (χ4v) is 2.59. The highest BCUT2D eigenvalue weighted by atomic mass is 32.1. The Labute approximate surface area is 109 Å². The maximum absolute atomic E-state index is 12.0. The number of aromatic nitrogens is 1. The van der Waals surface area contributed by atoms with Gasteiger partial charge >= 0.3 is 0 Å². The number of rotatable bonds is 2. The fourth-order valence-electron chi connectivity index (χ4n) is 2.07. The SMILES string of the molecule is O=C(Nc1nccs1)c1ccc2c(c1)CCCN2. The summed E-state index contributed by atoms with van der Waals surface area (Å²) in [7, 11) is 0. The molecule has 0 saturated carbocycles. The van der Waals surface area contributed by atoms with E-state index in [2.05, 4.69) is 15.6 Å². The Morgan fingerprint density at radius 2 is 2.39 bits per heavy atom. The van der Waals surface area contributed by atoms with Crippen molar-refractivity contribution in [3.63, 3.8) is 0 Å². The molecule has 1 aromatic heterocycles. The fraction of sp³-hybridized carbons (Fsp3) is 0.231. The molecular weight excluding hydrogens is 246 g/mol. The number of nitrogens with one attached hydrogen (secondary N) is 2. The average Bonchev–Trinajstić information content (AvgIpc) is 2.91. The smallest absolute Gasteiger partial charge is 0.257 e. The van der Waals surface area contributed by atoms with Crippen molar-refractivity contribution in [1.29, 1.82) is 0 Å². The maximum Gasteiger partial charge on any atom is 0.257 e. The molecule has 18 heavy (non-hydrogen) atoms. The van der Waals surface area contributed by atoms with E-state index in [1.54, 1.807) is 6.20 Å². The van der Waals surface area contributed by atoms with Gasteiger partial charge in [0, 0.05) is 29.4 Å². The van der Waals surface area contributed by atoms with Gasteiger partial charge in [0.15, 0.2) is 5.13 Å². The van der Waals surface area contributed by atoms with Crippen molar-refractivity contribution in [2.45, 2.75) is 12.8 Å². The van der Waals surface area contributed by atoms with Crippen LogP contribution in [0.25, 0.3) is 0 Å². The maximum atomic E-state index is 12.0. The molecule has 3 rings (SSSR count). The molecule has 5 heteroatoms. The topological polar surface area (TPSA) is 54.0 Å². The van der Waals surface area contributed by atoms with E-state index in [0.717, 1.165) is 25.1 Å². The molecule has 2 N–H and O–H groups in total. The molecule has 2 heterocycles. The average molecular weight is 259 g/mol. The van der Waals surface area contributed by atoms with Crippen molar-refractivity contribution in [3.8, 4) is 0 Å². The second-order valence-electron chi connectivity index (χ2n) is 4.19. The van der Waals surface area contributed by atoms with Gasteiger partial charge in [-0.3, -0.25) is 10.1 Å². The summed E-state index contributed by atoms with van der Waals surface area (Å²) >= 11 is 1.42. The van der Waals surface area contributed by atoms with E-state index < -0.39 is 0 Å². The standard InChI is InChI=1S/C13H13N3OS/c17-12(16-13-15-6-7-18-13)10-3-4-11-9(8-10)2-1-5-14-11/h3-4,6-8,14H,1-2,5H2,(H,15,16,17). The zero-order valence-corrected chi connectivity index (χ0v) is 10.6. The molecule has 0 fully saturated rings. The van der Waals surface area contributed by atoms with Crippen LogP contribution in [0.4, 0.5) is 10.8 Å². The Hall–Kier alpha value is -1.88. The van der Waals surface area contributed by atoms with E-state index in [1.807, 2.05) is 23.6 Å². The van der Waals surface area contributed by atoms with Gasteiger partial charge in [-0.1, -0.05) is 0 Å². The van der Waals surface area contributed by atoms with Crippen LogP contribution in [-0.4, -0.2) is 17.4 Å². The van der Waals surface area contributed by atoms with Gasteiger partial charge in [0.2, 0.25) is 0 Å². The quantitative estimate of drug-likeness (QED) is 0.872. The molecule has 0 spiro atoms. The first-order valence-electron chi connectivity index (χ1n) is 5.90. The number of aryl methyl sites for hydroxylation is 1. The van der Waals surface area contributed by atoms with Crippen LogP contribution in [0.1, 0.15) is 22.3 Å². The third-order valence-corrected chi connectivity index (χ3v) is 3.65. The van der Waals surface area contributed by atoms with Crippen LogP contribution < -0.4 is 10.6 Å². The van der Waals surface area contributed by atoms with Crippen molar-refractivity contribution in [2.75, 3.05) is 17.2 Å². The predicted octanol–water partition coefficient (Wildman–Crippen LogP) is 2.75. The van der Waals surface area contributed by atoms with Gasteiger partial charge in [0.25, 0.3) is 5.91 Å². The Morgan fingerprint density at radius 3 is 3.22 bits per heavy atom. The second-order valence-corrected chi connectivity index (χ2v) is 5.09. The number of carbonyl (C=O) groups is 1. The van der Waals surface area contributed by atoms with Gasteiger partial charge in [-0.2, -0.15) is 0 Å². The van der Waals surface area contributed by atoms with Gasteiger partial charge in [0.1, 0.15) is 0 Å². The van der Waals surface area contributed by atoms with Crippen LogP contribution in [0, 0.1) is 0 Å². The van der Waals surface area contributed by atoms with Gasteiger partial charge in [0.05, 0.1) is 0 Å². The third-order valence-electron chi connectivity index (χ3n) is 2.96. The van der Waals surface area contributed by atoms with E-state index >= 15 is 0 Å². The number of amides is 1. The van der Waals surface area contributed by atoms with Gasteiger partial charge < -0.3 is 5.32 Å². The number of carbonyl (C=O) groups excluding carboxylic acids is 1. The summed E-state index contributed by atoms with van der Waals surface area (Å²) < 4.78 is 0. The summed E-state index contributed by atoms with van der Waals surface area (Å²) in [4.78, 5) is 16.1. The first-order chi connectivity index (χ1) is 8.83. The molecule has 1 aliphatic rings. The van der Waals surface area contributed by atoms with Crippen LogP contribution in [0.3, 0.4) is 0 Å². The van der Waals surface area contributed by atoms with Crippen molar-refractivity contribution in [2.24, 2.45) is 0 Å². The summed E-state index contributed by atoms with van der Waals surface area (Å²) in [5.41, 5.74) is 3.05. The molecule has 2 aromatic rings. The number of nitrogens with zero attached hydrogens (tertiary/aromatic N) is 1. The largest absolute Gasteiger partial charge is 0.385 e. The molecule has 0 saturated heterocycles. The summed E-state index contributed by atoms with van der Waals surface area (Å²) in [5.74, 6) is -0.0988. The summed E-state index contributed by atoms with van der Waals surface area (Å²) in [6, 6.07) is 5.79. The van der Waals surface area contributed by atoms with E-state index in [0.29, 0.717) is 10.7 Å². The number of hydrogen-bond acceptors (Lipinski definition) is 4. The highest BCUT2D eigenvalue weighted by molar-refractivity contribution is 7.13. The number of hydrogen-bond donors (Lipinski definition) is 2. The van der Waals surface area contributed by atoms with Crippen LogP contribution in [0.5, 0.6) is 0 Å². The number of thiazole rings is 1. The lowest BCUT2D eigenvalue weighted by Crippen LogP contribution is -2.15. The molecule has 1 aliphatic heterocycles. The highest BCUT2D eigenvalue weighted by Crippen LogP contribution is 2.23. The minimum Gasteiger partial charge on any atom is -0.385 e. The van der Waals surface area contributed by atoms with Crippen LogP contribution in [0.2, 0.25) is 0 Å². The van der Waals surface area contributed by atoms with Crippen molar-refractivity contribution < 1.29 is 4.79 Å². The van der Waals surface area contributed by atoms with Crippen molar-refractivity contribution >= 4 is 28.1 Å². The van der Waals surface area contributed by atoms with E-state index in [9.17, 15) is 4.79 Å². The highest BCUT2D eigenvalue weighted by Gasteiger charge is 2.13.